The van der Waals surface area contributed by atoms with Gasteiger partial charge in [-0.05, 0) is 41.5 Å². The summed E-state index contributed by atoms with van der Waals surface area (Å²) in [4.78, 5) is 8.38. The van der Waals surface area contributed by atoms with Gasteiger partial charge < -0.3 is 15.7 Å². The van der Waals surface area contributed by atoms with Crippen LogP contribution in [0.1, 0.15) is 0 Å². The van der Waals surface area contributed by atoms with Gasteiger partial charge >= 0.3 is 0 Å². The lowest BCUT2D eigenvalue weighted by Crippen LogP contribution is -2.11. The van der Waals surface area contributed by atoms with Crippen LogP contribution in [0, 0.1) is 0 Å². The first-order valence-corrected chi connectivity index (χ1v) is 7.25. The van der Waals surface area contributed by atoms with Crippen molar-refractivity contribution in [2.24, 2.45) is 12.9 Å². The summed E-state index contributed by atoms with van der Waals surface area (Å²) in [6.07, 6.45) is 2.06. The van der Waals surface area contributed by atoms with Crippen LogP contribution in [-0.2, 0) is 7.05 Å². The van der Waals surface area contributed by atoms with Crippen LogP contribution in [0.4, 0.5) is 11.8 Å². The molecule has 0 aliphatic rings. The first kappa shape index (κ1) is 13.5. The lowest BCUT2D eigenvalue weighted by atomic mass is 10.0. The van der Waals surface area contributed by atoms with E-state index in [1.54, 1.807) is 0 Å². The third kappa shape index (κ3) is 2.16. The Morgan fingerprint density at radius 1 is 1.00 bits per heavy atom. The lowest BCUT2D eigenvalue weighted by Gasteiger charge is -2.08. The SMILES string of the molecule is Cn1ccc2cc(-c3ccc4nc(N)nc(NN)c4c3)ccc21. The minimum Gasteiger partial charge on any atom is -0.368 e. The molecule has 0 fully saturated rings. The summed E-state index contributed by atoms with van der Waals surface area (Å²) in [5.74, 6) is 6.27. The quantitative estimate of drug-likeness (QED) is 0.391. The molecule has 0 radical (unpaired) electrons. The predicted molar refractivity (Wildman–Crippen MR) is 93.7 cm³/mol. The number of nitrogens with two attached hydrogens (primary N) is 2. The monoisotopic (exact) mass is 304 g/mol. The number of nitrogen functional groups attached to an aromatic ring is 2. The number of nitrogens with one attached hydrogen (secondary N) is 1. The second-order valence-electron chi connectivity index (χ2n) is 5.51. The number of rotatable bonds is 2. The fraction of sp³-hybridized carbons (Fsp3) is 0.0588. The van der Waals surface area contributed by atoms with Crippen molar-refractivity contribution in [3.63, 3.8) is 0 Å². The van der Waals surface area contributed by atoms with Crippen LogP contribution in [0.15, 0.2) is 48.7 Å². The topological polar surface area (TPSA) is 94.8 Å². The Morgan fingerprint density at radius 2 is 1.78 bits per heavy atom. The summed E-state index contributed by atoms with van der Waals surface area (Å²) in [7, 11) is 2.04. The second kappa shape index (κ2) is 4.96. The average molecular weight is 304 g/mol. The van der Waals surface area contributed by atoms with E-state index >= 15 is 0 Å². The van der Waals surface area contributed by atoms with Crippen molar-refractivity contribution in [3.05, 3.63) is 48.7 Å². The molecule has 114 valence electrons. The molecule has 6 heteroatoms. The third-order valence-electron chi connectivity index (χ3n) is 4.07. The van der Waals surface area contributed by atoms with E-state index in [4.69, 9.17) is 11.6 Å². The zero-order chi connectivity index (χ0) is 16.0. The summed E-state index contributed by atoms with van der Waals surface area (Å²) in [5, 5.41) is 2.04. The zero-order valence-electron chi connectivity index (χ0n) is 12.6. The standard InChI is InChI=1S/C17H16N6/c1-23-7-6-12-8-10(3-5-15(12)23)11-2-4-14-13(9-11)16(22-19)21-17(18)20-14/h2-9H,19H2,1H3,(H3,18,20,21,22). The molecule has 4 aromatic rings. The molecule has 23 heavy (non-hydrogen) atoms. The molecule has 0 saturated heterocycles. The molecule has 0 amide bonds. The Kier molecular flexibility index (Phi) is 2.92. The van der Waals surface area contributed by atoms with E-state index in [9.17, 15) is 0 Å². The number of aromatic nitrogens is 3. The number of hydrazine groups is 1. The van der Waals surface area contributed by atoms with Crippen molar-refractivity contribution in [2.75, 3.05) is 11.2 Å². The fourth-order valence-electron chi connectivity index (χ4n) is 2.90. The van der Waals surface area contributed by atoms with Gasteiger partial charge in [-0.1, -0.05) is 12.1 Å². The molecule has 4 rings (SSSR count). The maximum Gasteiger partial charge on any atom is 0.222 e. The zero-order valence-corrected chi connectivity index (χ0v) is 12.6. The first-order valence-electron chi connectivity index (χ1n) is 7.25. The normalized spacial score (nSPS) is 11.2. The summed E-state index contributed by atoms with van der Waals surface area (Å²) in [5.41, 5.74) is 12.5. The van der Waals surface area contributed by atoms with Gasteiger partial charge in [-0.25, -0.2) is 10.8 Å². The Labute approximate surface area is 132 Å². The highest BCUT2D eigenvalue weighted by Gasteiger charge is 2.08. The number of fused-ring (bicyclic) bond motifs is 2. The Morgan fingerprint density at radius 3 is 2.61 bits per heavy atom. The van der Waals surface area contributed by atoms with Gasteiger partial charge in [0, 0.05) is 29.5 Å². The van der Waals surface area contributed by atoms with Crippen molar-refractivity contribution < 1.29 is 0 Å². The van der Waals surface area contributed by atoms with Gasteiger partial charge in [0.2, 0.25) is 5.95 Å². The molecule has 0 bridgehead atoms. The van der Waals surface area contributed by atoms with Gasteiger partial charge in [-0.3, -0.25) is 0 Å². The highest BCUT2D eigenvalue weighted by molar-refractivity contribution is 5.94. The van der Waals surface area contributed by atoms with Crippen molar-refractivity contribution in [1.29, 1.82) is 0 Å². The van der Waals surface area contributed by atoms with Crippen LogP contribution in [-0.4, -0.2) is 14.5 Å². The largest absolute Gasteiger partial charge is 0.368 e. The fourth-order valence-corrected chi connectivity index (χ4v) is 2.90. The summed E-state index contributed by atoms with van der Waals surface area (Å²) >= 11 is 0. The van der Waals surface area contributed by atoms with Gasteiger partial charge in [-0.2, -0.15) is 4.98 Å². The second-order valence-corrected chi connectivity index (χ2v) is 5.51. The molecule has 0 atom stereocenters. The van der Waals surface area contributed by atoms with E-state index in [0.717, 1.165) is 22.0 Å². The molecular weight excluding hydrogens is 288 g/mol. The van der Waals surface area contributed by atoms with Crippen LogP contribution < -0.4 is 17.0 Å². The summed E-state index contributed by atoms with van der Waals surface area (Å²) in [6.45, 7) is 0. The summed E-state index contributed by atoms with van der Waals surface area (Å²) < 4.78 is 2.10. The highest BCUT2D eigenvalue weighted by atomic mass is 15.3. The van der Waals surface area contributed by atoms with Crippen LogP contribution in [0.5, 0.6) is 0 Å². The van der Waals surface area contributed by atoms with E-state index < -0.39 is 0 Å². The highest BCUT2D eigenvalue weighted by Crippen LogP contribution is 2.29. The number of hydrogen-bond donors (Lipinski definition) is 3. The molecule has 2 heterocycles. The van der Waals surface area contributed by atoms with Crippen LogP contribution in [0.25, 0.3) is 32.9 Å². The Balaban J connectivity index is 1.91. The molecule has 5 N–H and O–H groups in total. The molecule has 0 saturated carbocycles. The molecule has 2 aromatic heterocycles. The van der Waals surface area contributed by atoms with Crippen molar-refractivity contribution in [3.8, 4) is 11.1 Å². The molecule has 0 aliphatic heterocycles. The minimum atomic E-state index is 0.198. The van der Waals surface area contributed by atoms with Gasteiger partial charge in [0.05, 0.1) is 5.52 Å². The smallest absolute Gasteiger partial charge is 0.222 e. The predicted octanol–water partition coefficient (Wildman–Crippen LogP) is 2.66. The molecule has 0 unspecified atom stereocenters. The Bertz CT molecular complexity index is 1030. The van der Waals surface area contributed by atoms with Crippen LogP contribution >= 0.6 is 0 Å². The molecule has 0 aliphatic carbocycles. The number of benzene rings is 2. The van der Waals surface area contributed by atoms with Crippen LogP contribution in [0.3, 0.4) is 0 Å². The van der Waals surface area contributed by atoms with Gasteiger partial charge in [0.15, 0.2) is 5.82 Å². The Hall–Kier alpha value is -3.12. The third-order valence-corrected chi connectivity index (χ3v) is 4.07. The van der Waals surface area contributed by atoms with Crippen molar-refractivity contribution >= 4 is 33.6 Å². The maximum atomic E-state index is 5.69. The number of anilines is 2. The van der Waals surface area contributed by atoms with E-state index in [2.05, 4.69) is 50.4 Å². The van der Waals surface area contributed by atoms with E-state index in [1.165, 1.54) is 10.9 Å². The van der Waals surface area contributed by atoms with Crippen LogP contribution in [0.2, 0.25) is 0 Å². The van der Waals surface area contributed by atoms with Crippen molar-refractivity contribution in [2.45, 2.75) is 0 Å². The van der Waals surface area contributed by atoms with Gasteiger partial charge in [0.25, 0.3) is 0 Å². The first-order chi connectivity index (χ1) is 11.2. The maximum absolute atomic E-state index is 5.69. The van der Waals surface area contributed by atoms with E-state index in [1.807, 2.05) is 25.2 Å². The number of aryl methyl sites for hydroxylation is 1. The minimum absolute atomic E-state index is 0.198. The van der Waals surface area contributed by atoms with E-state index in [-0.39, 0.29) is 5.95 Å². The molecule has 6 nitrogen and oxygen atoms in total. The number of nitrogens with zero attached hydrogens (tertiary/aromatic N) is 3. The van der Waals surface area contributed by atoms with E-state index in [0.29, 0.717) is 5.82 Å². The molecule has 0 spiro atoms. The molecular formula is C17H16N6. The number of hydrogen-bond acceptors (Lipinski definition) is 5. The van der Waals surface area contributed by atoms with Crippen molar-refractivity contribution in [1.82, 2.24) is 14.5 Å². The van der Waals surface area contributed by atoms with Gasteiger partial charge in [0.1, 0.15) is 0 Å². The summed E-state index contributed by atoms with van der Waals surface area (Å²) in [6, 6.07) is 14.5. The average Bonchev–Trinajstić information content (AvgIpc) is 2.94. The lowest BCUT2D eigenvalue weighted by molar-refractivity contribution is 0.969. The van der Waals surface area contributed by atoms with Gasteiger partial charge in [-0.15, -0.1) is 0 Å². The molecule has 2 aromatic carbocycles.